The normalized spacial score (nSPS) is 13.2. The Morgan fingerprint density at radius 3 is 1.21 bits per heavy atom. The maximum absolute atomic E-state index is 14.3. The average molecular weight is 1690 g/mol. The molecule has 0 bridgehead atoms. The molecule has 4 unspecified atom stereocenters. The second kappa shape index (κ2) is 34.6. The van der Waals surface area contributed by atoms with Gasteiger partial charge in [0.15, 0.2) is 69.3 Å². The SMILES string of the molecule is CCOC(=O)C(Br)c1ccc(F)cc1.CCOC(=O)C(c1ccc(F)cc1)n1ncc2c1nc(N)n1nc(-c3ccco3)nc21.COCCOc1ccc(N2CCN(C(=O)C(c3ccc(F)cc3)n3ncc4c3nc(N)n3nc(-c5ccco5)nc43)CC2)cc1.Nc1nc2c(cnn2C(C(=O)O)c2ccc(F)cc2)c2nc(-c3ccco3)nn12. The number of esters is 2. The number of aliphatic carboxylic acids is 1. The minimum atomic E-state index is -1.23. The summed E-state index contributed by atoms with van der Waals surface area (Å²) < 4.78 is 98.4. The second-order valence-corrected chi connectivity index (χ2v) is 27.0. The Balaban J connectivity index is 0.000000132. The van der Waals surface area contributed by atoms with E-state index in [9.17, 15) is 41.8 Å². The van der Waals surface area contributed by atoms with Crippen LogP contribution in [-0.2, 0) is 33.4 Å². The first-order valence-corrected chi connectivity index (χ1v) is 37.4. The first-order valence-electron chi connectivity index (χ1n) is 36.5. The van der Waals surface area contributed by atoms with Crippen molar-refractivity contribution in [3.63, 3.8) is 0 Å². The summed E-state index contributed by atoms with van der Waals surface area (Å²) in [4.78, 5) is 80.6. The van der Waals surface area contributed by atoms with Crippen molar-refractivity contribution in [2.45, 2.75) is 36.8 Å². The fraction of sp³-hybridized carbons (Fsp3) is 0.190. The van der Waals surface area contributed by atoms with Gasteiger partial charge in [0, 0.05) is 39.0 Å². The number of hydrogen-bond donors (Lipinski definition) is 4. The molecule has 17 aromatic rings. The number of nitrogen functional groups attached to an aromatic ring is 3. The number of halogens is 5. The van der Waals surface area contributed by atoms with Crippen molar-refractivity contribution in [3.05, 3.63) is 241 Å². The van der Waals surface area contributed by atoms with Crippen LogP contribution < -0.4 is 26.8 Å². The van der Waals surface area contributed by atoms with Crippen LogP contribution in [0.1, 0.15) is 59.1 Å². The van der Waals surface area contributed by atoms with Crippen molar-refractivity contribution in [2.24, 2.45) is 0 Å². The van der Waals surface area contributed by atoms with Crippen molar-refractivity contribution in [2.75, 3.05) is 81.8 Å². The van der Waals surface area contributed by atoms with Gasteiger partial charge in [-0.05, 0) is 145 Å². The van der Waals surface area contributed by atoms with Crippen molar-refractivity contribution in [1.29, 1.82) is 0 Å². The Kier molecular flexibility index (Phi) is 23.1. The van der Waals surface area contributed by atoms with E-state index in [1.54, 1.807) is 92.7 Å². The summed E-state index contributed by atoms with van der Waals surface area (Å²) in [5.74, 6) is -0.647. The van der Waals surface area contributed by atoms with Crippen LogP contribution in [-0.4, -0.2) is 182 Å². The van der Waals surface area contributed by atoms with Crippen LogP contribution in [0.5, 0.6) is 5.75 Å². The number of hydrogen-bond acceptors (Lipinski definition) is 27. The fourth-order valence-electron chi connectivity index (χ4n) is 13.0. The fourth-order valence-corrected chi connectivity index (χ4v) is 13.5. The number of amides is 1. The third-order valence-corrected chi connectivity index (χ3v) is 19.6. The maximum Gasteiger partial charge on any atom is 0.335 e. The van der Waals surface area contributed by atoms with E-state index < -0.39 is 52.3 Å². The van der Waals surface area contributed by atoms with E-state index in [1.807, 2.05) is 24.3 Å². The first-order chi connectivity index (χ1) is 57.7. The number of nitrogens with zero attached hydrogens (tertiary/aromatic N) is 20. The number of carbonyl (C=O) groups is 4. The number of carbonyl (C=O) groups excluding carboxylic acids is 3. The molecule has 0 spiro atoms. The molecular weight excluding hydrogens is 1620 g/mol. The number of anilines is 4. The van der Waals surface area contributed by atoms with Crippen LogP contribution >= 0.6 is 15.9 Å². The smallest absolute Gasteiger partial charge is 0.335 e. The van der Waals surface area contributed by atoms with E-state index >= 15 is 0 Å². The van der Waals surface area contributed by atoms with Gasteiger partial charge in [-0.2, -0.15) is 43.8 Å². The van der Waals surface area contributed by atoms with Crippen molar-refractivity contribution >= 4 is 113 Å². The highest BCUT2D eigenvalue weighted by Gasteiger charge is 2.35. The standard InChI is InChI=1S/C31H30FN9O4.C20H16FN7O3.C18H12FN7O3.C10H10BrFO2/c1-43-17-18-44-23-10-8-22(9-11-23)38-12-14-39(15-13-38)30(42)26(20-4-6-21(32)7-5-20)40-29-24(19-34-40)28-35-27(25-3-2-16-45-25)37-41(28)31(33)36-29;1-2-30-19(29)15(11-5-7-12(21)8-6-11)27-18-13(10-23-27)17-24-16(14-4-3-9-31-14)26-28(17)20(22)25-18;19-10-5-3-9(4-6-10)13(17(27)28)25-16-11(8-21-25)15-22-14(12-2-1-7-29-12)24-26(15)18(20)23-16;1-2-14-10(13)9(11)7-3-5-8(12)6-4-7/h2-11,16,19,26H,12-15,17-18H2,1H3,(H2,33,36);3-10,15H,2H2,1H3,(H2,22,25);1-8,13H,(H2,20,23)(H,27,28);3-6,9H,2H2,1H3. The lowest BCUT2D eigenvalue weighted by atomic mass is 10.0. The number of fused-ring (bicyclic) bond motifs is 9. The number of aromatic nitrogens is 18. The molecule has 1 aliphatic heterocycles. The topological polar surface area (TPSA) is 432 Å². The molecular formula is C79H68BrF4N23O12. The van der Waals surface area contributed by atoms with Crippen LogP contribution in [0.2, 0.25) is 0 Å². The second-order valence-electron chi connectivity index (χ2n) is 26.1. The third-order valence-electron chi connectivity index (χ3n) is 18.7. The number of ether oxygens (including phenoxy) is 4. The molecule has 606 valence electrons. The van der Waals surface area contributed by atoms with Crippen LogP contribution in [0.3, 0.4) is 0 Å². The molecule has 1 aliphatic rings. The Morgan fingerprint density at radius 2 is 0.832 bits per heavy atom. The lowest BCUT2D eigenvalue weighted by Crippen LogP contribution is -2.51. The number of rotatable bonds is 21. The van der Waals surface area contributed by atoms with E-state index in [0.717, 1.165) is 11.4 Å². The van der Waals surface area contributed by atoms with E-state index in [-0.39, 0.29) is 47.8 Å². The molecule has 35 nitrogen and oxygen atoms in total. The Hall–Kier alpha value is -15.0. The number of carboxylic acid groups (broad SMARTS) is 1. The van der Waals surface area contributed by atoms with E-state index in [1.165, 1.54) is 132 Å². The van der Waals surface area contributed by atoms with Crippen molar-refractivity contribution in [3.8, 4) is 40.5 Å². The largest absolute Gasteiger partial charge is 0.491 e. The minimum Gasteiger partial charge on any atom is -0.491 e. The molecule has 1 fully saturated rings. The molecule has 0 radical (unpaired) electrons. The van der Waals surface area contributed by atoms with E-state index in [2.05, 4.69) is 81.3 Å². The highest BCUT2D eigenvalue weighted by Crippen LogP contribution is 2.35. The van der Waals surface area contributed by atoms with Crippen LogP contribution in [0.15, 0.2) is 208 Å². The average Bonchev–Trinajstić information content (AvgIpc) is 1.61. The molecule has 4 atom stereocenters. The van der Waals surface area contributed by atoms with Gasteiger partial charge in [-0.25, -0.2) is 56.1 Å². The minimum absolute atomic E-state index is 0.00259. The van der Waals surface area contributed by atoms with E-state index in [0.29, 0.717) is 147 Å². The molecule has 119 heavy (non-hydrogen) atoms. The van der Waals surface area contributed by atoms with Gasteiger partial charge in [0.1, 0.15) is 40.5 Å². The van der Waals surface area contributed by atoms with Crippen LogP contribution in [0.25, 0.3) is 84.8 Å². The monoisotopic (exact) mass is 1690 g/mol. The number of alkyl halides is 1. The Morgan fingerprint density at radius 1 is 0.462 bits per heavy atom. The molecule has 1 amide bonds. The number of benzene rings is 5. The van der Waals surface area contributed by atoms with Gasteiger partial charge >= 0.3 is 17.9 Å². The van der Waals surface area contributed by atoms with Crippen molar-refractivity contribution in [1.82, 2.24) is 93.0 Å². The lowest BCUT2D eigenvalue weighted by Gasteiger charge is -2.37. The Labute approximate surface area is 676 Å². The van der Waals surface area contributed by atoms with E-state index in [4.69, 9.17) is 49.4 Å². The predicted molar refractivity (Wildman–Crippen MR) is 424 cm³/mol. The van der Waals surface area contributed by atoms with Crippen LogP contribution in [0.4, 0.5) is 41.1 Å². The molecule has 7 N–H and O–H groups in total. The van der Waals surface area contributed by atoms with Crippen molar-refractivity contribution < 1.29 is 74.0 Å². The molecule has 0 saturated carbocycles. The number of carboxylic acids is 1. The molecule has 40 heteroatoms. The summed E-state index contributed by atoms with van der Waals surface area (Å²) in [5, 5.41) is 37.5. The van der Waals surface area contributed by atoms with Gasteiger partial charge in [0.25, 0.3) is 5.91 Å². The van der Waals surface area contributed by atoms with Gasteiger partial charge in [-0.3, -0.25) is 9.59 Å². The molecule has 5 aromatic carbocycles. The lowest BCUT2D eigenvalue weighted by molar-refractivity contribution is -0.146. The molecule has 0 aliphatic carbocycles. The predicted octanol–water partition coefficient (Wildman–Crippen LogP) is 11.0. The zero-order valence-corrected chi connectivity index (χ0v) is 64.5. The highest BCUT2D eigenvalue weighted by molar-refractivity contribution is 9.09. The quantitative estimate of drug-likeness (QED) is 0.0225. The maximum atomic E-state index is 14.3. The van der Waals surface area contributed by atoms with Gasteiger partial charge in [0.2, 0.25) is 35.3 Å². The zero-order valence-electron chi connectivity index (χ0n) is 62.9. The molecule has 12 aromatic heterocycles. The van der Waals surface area contributed by atoms with Gasteiger partial charge in [0.05, 0.1) is 73.4 Å². The number of furan rings is 3. The zero-order chi connectivity index (χ0) is 83.1. The summed E-state index contributed by atoms with van der Waals surface area (Å²) in [5.41, 5.74) is 23.6. The number of piperazine rings is 1. The molecule has 13 heterocycles. The molecule has 18 rings (SSSR count). The molecule has 1 saturated heterocycles. The number of methoxy groups -OCH3 is 1. The van der Waals surface area contributed by atoms with Crippen LogP contribution in [0, 0.1) is 23.3 Å². The van der Waals surface area contributed by atoms with Gasteiger partial charge in [-0.1, -0.05) is 64.5 Å². The summed E-state index contributed by atoms with van der Waals surface area (Å²) >= 11 is 3.18. The van der Waals surface area contributed by atoms with Gasteiger partial charge in [-0.15, -0.1) is 15.3 Å². The summed E-state index contributed by atoms with van der Waals surface area (Å²) in [6.07, 6.45) is 9.09. The summed E-state index contributed by atoms with van der Waals surface area (Å²) in [7, 11) is 1.64. The number of nitrogens with two attached hydrogens (primary N) is 3. The third kappa shape index (κ3) is 16.6. The van der Waals surface area contributed by atoms with Gasteiger partial charge < -0.3 is 64.3 Å². The first kappa shape index (κ1) is 79.3. The summed E-state index contributed by atoms with van der Waals surface area (Å²) in [6, 6.07) is 37.3. The summed E-state index contributed by atoms with van der Waals surface area (Å²) in [6.45, 7) is 7.18. The Bertz CT molecular complexity index is 6440. The highest BCUT2D eigenvalue weighted by atomic mass is 79.9.